The molecule has 0 bridgehead atoms. The fourth-order valence-corrected chi connectivity index (χ4v) is 3.49. The number of hydrogen-bond donors (Lipinski definition) is 2. The molecule has 6 heteroatoms. The summed E-state index contributed by atoms with van der Waals surface area (Å²) in [6.07, 6.45) is 1.79. The van der Waals surface area contributed by atoms with E-state index < -0.39 is 11.9 Å². The fourth-order valence-electron chi connectivity index (χ4n) is 3.49. The van der Waals surface area contributed by atoms with Crippen LogP contribution in [0.25, 0.3) is 0 Å². The number of likely N-dealkylation sites (N-methyl/N-ethyl adjacent to an activating group) is 1. The summed E-state index contributed by atoms with van der Waals surface area (Å²) in [7, 11) is 1.60. The average Bonchev–Trinajstić information content (AvgIpc) is 2.77. The summed E-state index contributed by atoms with van der Waals surface area (Å²) in [6, 6.07) is 17.0. The summed E-state index contributed by atoms with van der Waals surface area (Å²) >= 11 is 0. The van der Waals surface area contributed by atoms with E-state index in [-0.39, 0.29) is 17.6 Å². The van der Waals surface area contributed by atoms with Crippen molar-refractivity contribution in [3.63, 3.8) is 0 Å². The van der Waals surface area contributed by atoms with E-state index in [4.69, 9.17) is 0 Å². The van der Waals surface area contributed by atoms with Crippen molar-refractivity contribution in [1.82, 2.24) is 15.6 Å². The molecule has 1 heterocycles. The van der Waals surface area contributed by atoms with Gasteiger partial charge in [-0.2, -0.15) is 0 Å². The minimum absolute atomic E-state index is 0.129. The second kappa shape index (κ2) is 10.1. The molecule has 156 valence electrons. The Bertz CT molecular complexity index is 978. The van der Waals surface area contributed by atoms with E-state index in [1.165, 1.54) is 18.3 Å². The van der Waals surface area contributed by atoms with Crippen LogP contribution in [0.1, 0.15) is 40.8 Å². The molecule has 1 aromatic heterocycles. The molecule has 0 spiro atoms. The maximum absolute atomic E-state index is 13.8. The lowest BCUT2D eigenvalue weighted by atomic mass is 9.90. The van der Waals surface area contributed by atoms with Crippen LogP contribution in [0.5, 0.6) is 0 Å². The molecule has 0 fully saturated rings. The number of aryl methyl sites for hydroxylation is 1. The van der Waals surface area contributed by atoms with Crippen LogP contribution in [0.3, 0.4) is 0 Å². The number of rotatable bonds is 8. The second-order valence-electron chi connectivity index (χ2n) is 7.16. The number of carbonyl (C=O) groups is 1. The zero-order chi connectivity index (χ0) is 21.5. The highest BCUT2D eigenvalue weighted by atomic mass is 19.1. The second-order valence-corrected chi connectivity index (χ2v) is 7.16. The molecule has 0 radical (unpaired) electrons. The third-order valence-corrected chi connectivity index (χ3v) is 5.11. The van der Waals surface area contributed by atoms with Gasteiger partial charge in [0.15, 0.2) is 0 Å². The molecule has 0 saturated carbocycles. The van der Waals surface area contributed by atoms with Gasteiger partial charge in [0.25, 0.3) is 0 Å². The molecule has 2 N–H and O–H groups in total. The molecule has 0 unspecified atom stereocenters. The quantitative estimate of drug-likeness (QED) is 0.584. The van der Waals surface area contributed by atoms with Crippen molar-refractivity contribution in [2.75, 3.05) is 13.6 Å². The first kappa shape index (κ1) is 21.6. The molecule has 2 atom stereocenters. The Kier molecular flexibility index (Phi) is 7.25. The largest absolute Gasteiger partial charge is 0.358 e. The third-order valence-electron chi connectivity index (χ3n) is 5.11. The van der Waals surface area contributed by atoms with E-state index in [9.17, 15) is 13.6 Å². The lowest BCUT2D eigenvalue weighted by Crippen LogP contribution is -2.36. The predicted molar refractivity (Wildman–Crippen MR) is 113 cm³/mol. The van der Waals surface area contributed by atoms with Crippen LogP contribution in [-0.4, -0.2) is 24.5 Å². The van der Waals surface area contributed by atoms with Gasteiger partial charge in [-0.15, -0.1) is 0 Å². The lowest BCUT2D eigenvalue weighted by molar-refractivity contribution is -0.122. The number of amides is 1. The molecule has 1 amide bonds. The minimum Gasteiger partial charge on any atom is -0.358 e. The molecule has 2 aromatic carbocycles. The van der Waals surface area contributed by atoms with Crippen molar-refractivity contribution in [1.29, 1.82) is 0 Å². The van der Waals surface area contributed by atoms with E-state index >= 15 is 0 Å². The highest BCUT2D eigenvalue weighted by Crippen LogP contribution is 2.28. The Balaban J connectivity index is 1.81. The first-order valence-corrected chi connectivity index (χ1v) is 9.87. The number of hydrogen-bond acceptors (Lipinski definition) is 3. The summed E-state index contributed by atoms with van der Waals surface area (Å²) in [6.45, 7) is 2.22. The van der Waals surface area contributed by atoms with Crippen molar-refractivity contribution in [2.24, 2.45) is 0 Å². The topological polar surface area (TPSA) is 54.0 Å². The van der Waals surface area contributed by atoms with Crippen LogP contribution < -0.4 is 10.6 Å². The molecule has 4 nitrogen and oxygen atoms in total. The standard InChI is InChI=1S/C24H25F2N3O/c1-16-14-18(8-10-21(16)26)20(22-11-9-19(25)15-29-22)12-13-28-23(24(30)27-2)17-6-4-3-5-7-17/h3-11,14-15,20,23,28H,12-13H2,1-2H3,(H,27,30)/t20-,23-/m1/s1. The number of nitrogens with one attached hydrogen (secondary N) is 2. The zero-order valence-corrected chi connectivity index (χ0v) is 17.0. The molecule has 3 rings (SSSR count). The van der Waals surface area contributed by atoms with Crippen LogP contribution in [0.15, 0.2) is 66.9 Å². The smallest absolute Gasteiger partial charge is 0.241 e. The molecule has 0 aliphatic rings. The van der Waals surface area contributed by atoms with Gasteiger partial charge >= 0.3 is 0 Å². The summed E-state index contributed by atoms with van der Waals surface area (Å²) in [5, 5.41) is 5.99. The number of pyridine rings is 1. The van der Waals surface area contributed by atoms with Crippen LogP contribution in [0, 0.1) is 18.6 Å². The van der Waals surface area contributed by atoms with Gasteiger partial charge < -0.3 is 10.6 Å². The van der Waals surface area contributed by atoms with Crippen molar-refractivity contribution in [2.45, 2.75) is 25.3 Å². The number of nitrogens with zero attached hydrogens (tertiary/aromatic N) is 1. The van der Waals surface area contributed by atoms with E-state index in [2.05, 4.69) is 15.6 Å². The van der Waals surface area contributed by atoms with Gasteiger partial charge in [-0.05, 0) is 54.8 Å². The summed E-state index contributed by atoms with van der Waals surface area (Å²) in [5.74, 6) is -0.977. The highest BCUT2D eigenvalue weighted by molar-refractivity contribution is 5.82. The Morgan fingerprint density at radius 2 is 1.80 bits per heavy atom. The maximum atomic E-state index is 13.8. The zero-order valence-electron chi connectivity index (χ0n) is 17.0. The van der Waals surface area contributed by atoms with Gasteiger partial charge in [-0.3, -0.25) is 9.78 Å². The molecule has 0 aliphatic heterocycles. The van der Waals surface area contributed by atoms with Gasteiger partial charge in [0.05, 0.1) is 6.20 Å². The van der Waals surface area contributed by atoms with Crippen molar-refractivity contribution in [3.8, 4) is 0 Å². The highest BCUT2D eigenvalue weighted by Gasteiger charge is 2.21. The Morgan fingerprint density at radius 1 is 1.03 bits per heavy atom. The van der Waals surface area contributed by atoms with Crippen LogP contribution in [-0.2, 0) is 4.79 Å². The number of halogens is 2. The number of carbonyl (C=O) groups excluding carboxylic acids is 1. The van der Waals surface area contributed by atoms with Gasteiger partial charge in [-0.25, -0.2) is 8.78 Å². The molecule has 0 saturated heterocycles. The maximum Gasteiger partial charge on any atom is 0.241 e. The first-order chi connectivity index (χ1) is 14.5. The Hall–Kier alpha value is -3.12. The normalized spacial score (nSPS) is 12.9. The molecule has 30 heavy (non-hydrogen) atoms. The summed E-state index contributed by atoms with van der Waals surface area (Å²) in [5.41, 5.74) is 3.00. The molecular weight excluding hydrogens is 384 g/mol. The summed E-state index contributed by atoms with van der Waals surface area (Å²) < 4.78 is 27.1. The van der Waals surface area contributed by atoms with E-state index in [1.54, 1.807) is 32.2 Å². The molecule has 3 aromatic rings. The van der Waals surface area contributed by atoms with Crippen LogP contribution in [0.4, 0.5) is 8.78 Å². The lowest BCUT2D eigenvalue weighted by Gasteiger charge is -2.21. The number of benzene rings is 2. The Morgan fingerprint density at radius 3 is 2.43 bits per heavy atom. The van der Waals surface area contributed by atoms with Gasteiger partial charge in [0.2, 0.25) is 5.91 Å². The van der Waals surface area contributed by atoms with E-state index in [0.717, 1.165) is 11.1 Å². The Labute approximate surface area is 175 Å². The molecule has 0 aliphatic carbocycles. The fraction of sp³-hybridized carbons (Fsp3) is 0.250. The SMILES string of the molecule is CNC(=O)[C@H](NCC[C@H](c1ccc(F)c(C)c1)c1ccc(F)cn1)c1ccccc1. The minimum atomic E-state index is -0.493. The van der Waals surface area contributed by atoms with E-state index in [0.29, 0.717) is 24.2 Å². The average molecular weight is 409 g/mol. The molecular formula is C24H25F2N3O. The predicted octanol–water partition coefficient (Wildman–Crippen LogP) is 4.27. The van der Waals surface area contributed by atoms with Crippen LogP contribution in [0.2, 0.25) is 0 Å². The monoisotopic (exact) mass is 409 g/mol. The first-order valence-electron chi connectivity index (χ1n) is 9.87. The van der Waals surface area contributed by atoms with Crippen molar-refractivity contribution < 1.29 is 13.6 Å². The van der Waals surface area contributed by atoms with Gasteiger partial charge in [-0.1, -0.05) is 42.5 Å². The van der Waals surface area contributed by atoms with Crippen molar-refractivity contribution >= 4 is 5.91 Å². The van der Waals surface area contributed by atoms with Gasteiger partial charge in [0, 0.05) is 18.7 Å². The van der Waals surface area contributed by atoms with Crippen molar-refractivity contribution in [3.05, 3.63) is 101 Å². The summed E-state index contributed by atoms with van der Waals surface area (Å²) in [4.78, 5) is 16.6. The third kappa shape index (κ3) is 5.27. The van der Waals surface area contributed by atoms with E-state index in [1.807, 2.05) is 30.3 Å². The van der Waals surface area contributed by atoms with Gasteiger partial charge in [0.1, 0.15) is 17.7 Å². The van der Waals surface area contributed by atoms with Crippen LogP contribution >= 0.6 is 0 Å². The number of aromatic nitrogens is 1.